The molecule has 2 rings (SSSR count). The van der Waals surface area contributed by atoms with Gasteiger partial charge in [-0.1, -0.05) is 38.2 Å². The van der Waals surface area contributed by atoms with Gasteiger partial charge >= 0.3 is 0 Å². The van der Waals surface area contributed by atoms with E-state index in [0.29, 0.717) is 10.6 Å². The number of benzene rings is 1. The van der Waals surface area contributed by atoms with Crippen LogP contribution < -0.4 is 10.1 Å². The van der Waals surface area contributed by atoms with Crippen LogP contribution in [0.25, 0.3) is 0 Å². The SMILES string of the molecule is COc1ccc(C(C)Nc2cc(=S)nc(C(C)C)[nH]2)cc1. The Kier molecular flexibility index (Phi) is 4.96. The fraction of sp³-hybridized carbons (Fsp3) is 0.375. The van der Waals surface area contributed by atoms with E-state index in [0.717, 1.165) is 17.4 Å². The van der Waals surface area contributed by atoms with E-state index in [9.17, 15) is 0 Å². The van der Waals surface area contributed by atoms with Gasteiger partial charge in [0.25, 0.3) is 0 Å². The molecule has 1 aromatic heterocycles. The lowest BCUT2D eigenvalue weighted by atomic mass is 10.1. The molecule has 5 heteroatoms. The van der Waals surface area contributed by atoms with Crippen molar-refractivity contribution in [1.29, 1.82) is 0 Å². The summed E-state index contributed by atoms with van der Waals surface area (Å²) in [6.45, 7) is 6.28. The Morgan fingerprint density at radius 1 is 1.19 bits per heavy atom. The number of hydrogen-bond acceptors (Lipinski definition) is 4. The van der Waals surface area contributed by atoms with Crippen LogP contribution in [0.1, 0.15) is 44.1 Å². The second-order valence-corrected chi connectivity index (χ2v) is 5.73. The van der Waals surface area contributed by atoms with Crippen LogP contribution in [0.5, 0.6) is 5.75 Å². The molecule has 0 bridgehead atoms. The molecule has 0 radical (unpaired) electrons. The first-order valence-electron chi connectivity index (χ1n) is 7.01. The Morgan fingerprint density at radius 3 is 2.43 bits per heavy atom. The summed E-state index contributed by atoms with van der Waals surface area (Å²) in [5, 5.41) is 3.43. The van der Waals surface area contributed by atoms with Gasteiger partial charge in [0, 0.05) is 18.0 Å². The Hall–Kier alpha value is -1.88. The van der Waals surface area contributed by atoms with Crippen LogP contribution in [-0.4, -0.2) is 17.1 Å². The normalized spacial score (nSPS) is 12.2. The van der Waals surface area contributed by atoms with Crippen LogP contribution >= 0.6 is 12.2 Å². The molecule has 0 aliphatic carbocycles. The minimum absolute atomic E-state index is 0.156. The monoisotopic (exact) mass is 303 g/mol. The zero-order valence-electron chi connectivity index (χ0n) is 12.8. The van der Waals surface area contributed by atoms with Crippen LogP contribution in [0.2, 0.25) is 0 Å². The molecule has 1 heterocycles. The molecule has 0 aliphatic heterocycles. The molecule has 2 N–H and O–H groups in total. The number of nitrogens with one attached hydrogen (secondary N) is 2. The third-order valence-electron chi connectivity index (χ3n) is 3.30. The second kappa shape index (κ2) is 6.72. The number of rotatable bonds is 5. The molecule has 1 unspecified atom stereocenters. The van der Waals surface area contributed by atoms with E-state index in [1.165, 1.54) is 5.56 Å². The van der Waals surface area contributed by atoms with Crippen LogP contribution in [0.3, 0.4) is 0 Å². The number of H-pyrrole nitrogens is 1. The topological polar surface area (TPSA) is 49.9 Å². The largest absolute Gasteiger partial charge is 0.497 e. The number of aromatic amines is 1. The summed E-state index contributed by atoms with van der Waals surface area (Å²) in [4.78, 5) is 7.63. The highest BCUT2D eigenvalue weighted by Gasteiger charge is 2.08. The van der Waals surface area contributed by atoms with Gasteiger partial charge in [-0.15, -0.1) is 0 Å². The van der Waals surface area contributed by atoms with Gasteiger partial charge in [0.15, 0.2) is 0 Å². The molecule has 21 heavy (non-hydrogen) atoms. The van der Waals surface area contributed by atoms with E-state index in [-0.39, 0.29) is 6.04 Å². The van der Waals surface area contributed by atoms with Gasteiger partial charge in [0.05, 0.1) is 7.11 Å². The minimum Gasteiger partial charge on any atom is -0.497 e. The minimum atomic E-state index is 0.156. The fourth-order valence-corrected chi connectivity index (χ4v) is 2.25. The molecule has 112 valence electrons. The maximum absolute atomic E-state index is 5.22. The molecule has 1 aromatic carbocycles. The van der Waals surface area contributed by atoms with Gasteiger partial charge in [-0.3, -0.25) is 0 Å². The van der Waals surface area contributed by atoms with Crippen molar-refractivity contribution >= 4 is 18.0 Å². The van der Waals surface area contributed by atoms with Crippen LogP contribution in [-0.2, 0) is 0 Å². The number of aromatic nitrogens is 2. The van der Waals surface area contributed by atoms with Crippen molar-refractivity contribution in [3.8, 4) is 5.75 Å². The molecular formula is C16H21N3OS. The van der Waals surface area contributed by atoms with Gasteiger partial charge in [-0.2, -0.15) is 0 Å². The predicted octanol–water partition coefficient (Wildman–Crippen LogP) is 4.44. The third kappa shape index (κ3) is 4.04. The van der Waals surface area contributed by atoms with Crippen molar-refractivity contribution in [3.05, 3.63) is 46.4 Å². The Balaban J connectivity index is 2.18. The molecule has 2 aromatic rings. The predicted molar refractivity (Wildman–Crippen MR) is 88.5 cm³/mol. The lowest BCUT2D eigenvalue weighted by molar-refractivity contribution is 0.414. The number of nitrogens with zero attached hydrogens (tertiary/aromatic N) is 1. The van der Waals surface area contributed by atoms with Crippen molar-refractivity contribution in [3.63, 3.8) is 0 Å². The van der Waals surface area contributed by atoms with Gasteiger partial charge in [-0.05, 0) is 24.6 Å². The highest BCUT2D eigenvalue weighted by atomic mass is 32.1. The molecule has 0 aliphatic rings. The summed E-state index contributed by atoms with van der Waals surface area (Å²) in [6.07, 6.45) is 0. The van der Waals surface area contributed by atoms with E-state index in [1.807, 2.05) is 18.2 Å². The number of hydrogen-bond donors (Lipinski definition) is 2. The Morgan fingerprint density at radius 2 is 1.86 bits per heavy atom. The van der Waals surface area contributed by atoms with Crippen LogP contribution in [0.4, 0.5) is 5.82 Å². The smallest absolute Gasteiger partial charge is 0.131 e. The van der Waals surface area contributed by atoms with Crippen LogP contribution in [0, 0.1) is 4.64 Å². The maximum Gasteiger partial charge on any atom is 0.131 e. The van der Waals surface area contributed by atoms with E-state index < -0.39 is 0 Å². The first kappa shape index (κ1) is 15.5. The molecule has 0 spiro atoms. The lowest BCUT2D eigenvalue weighted by Crippen LogP contribution is -2.10. The number of anilines is 1. The van der Waals surface area contributed by atoms with Gasteiger partial charge in [0.2, 0.25) is 0 Å². The zero-order chi connectivity index (χ0) is 15.4. The van der Waals surface area contributed by atoms with Gasteiger partial charge in [-0.25, -0.2) is 4.98 Å². The Bertz CT molecular complexity index is 649. The highest BCUT2D eigenvalue weighted by molar-refractivity contribution is 7.71. The van der Waals surface area contributed by atoms with E-state index in [1.54, 1.807) is 7.11 Å². The number of methoxy groups -OCH3 is 1. The van der Waals surface area contributed by atoms with Gasteiger partial charge < -0.3 is 15.0 Å². The maximum atomic E-state index is 5.22. The Labute approximate surface area is 130 Å². The summed E-state index contributed by atoms with van der Waals surface area (Å²) < 4.78 is 5.78. The first-order valence-corrected chi connectivity index (χ1v) is 7.42. The average Bonchev–Trinajstić information content (AvgIpc) is 2.46. The van der Waals surface area contributed by atoms with Crippen molar-refractivity contribution in [2.24, 2.45) is 0 Å². The molecule has 4 nitrogen and oxygen atoms in total. The van der Waals surface area contributed by atoms with Gasteiger partial charge in [0.1, 0.15) is 22.0 Å². The quantitative estimate of drug-likeness (QED) is 0.802. The zero-order valence-corrected chi connectivity index (χ0v) is 13.6. The van der Waals surface area contributed by atoms with E-state index in [2.05, 4.69) is 48.2 Å². The lowest BCUT2D eigenvalue weighted by Gasteiger charge is -2.17. The third-order valence-corrected chi connectivity index (χ3v) is 3.51. The standard InChI is InChI=1S/C16H21N3OS/c1-10(2)16-18-14(9-15(21)19-16)17-11(3)12-5-7-13(20-4)8-6-12/h5-11H,1-4H3,(H2,17,18,19,21). The second-order valence-electron chi connectivity index (χ2n) is 5.31. The highest BCUT2D eigenvalue weighted by Crippen LogP contribution is 2.21. The molecule has 1 atom stereocenters. The molecule has 0 fully saturated rings. The summed E-state index contributed by atoms with van der Waals surface area (Å²) in [7, 11) is 1.67. The van der Waals surface area contributed by atoms with Crippen molar-refractivity contribution < 1.29 is 4.74 Å². The molecular weight excluding hydrogens is 282 g/mol. The van der Waals surface area contributed by atoms with E-state index >= 15 is 0 Å². The van der Waals surface area contributed by atoms with Crippen molar-refractivity contribution in [2.75, 3.05) is 12.4 Å². The first-order chi connectivity index (χ1) is 9.99. The summed E-state index contributed by atoms with van der Waals surface area (Å²) in [5.41, 5.74) is 1.18. The fourth-order valence-electron chi connectivity index (χ4n) is 2.04. The summed E-state index contributed by atoms with van der Waals surface area (Å²) >= 11 is 5.22. The molecule has 0 saturated heterocycles. The summed E-state index contributed by atoms with van der Waals surface area (Å²) in [5.74, 6) is 2.95. The van der Waals surface area contributed by atoms with Crippen molar-refractivity contribution in [2.45, 2.75) is 32.7 Å². The number of ether oxygens (including phenoxy) is 1. The molecule has 0 saturated carbocycles. The average molecular weight is 303 g/mol. The summed E-state index contributed by atoms with van der Waals surface area (Å²) in [6, 6.07) is 10.0. The van der Waals surface area contributed by atoms with Crippen LogP contribution in [0.15, 0.2) is 30.3 Å². The van der Waals surface area contributed by atoms with E-state index in [4.69, 9.17) is 17.0 Å². The van der Waals surface area contributed by atoms with Crippen molar-refractivity contribution in [1.82, 2.24) is 9.97 Å². The molecule has 0 amide bonds.